The molecule has 152 valence electrons. The van der Waals surface area contributed by atoms with Crippen molar-refractivity contribution in [1.29, 1.82) is 0 Å². The molecule has 0 spiro atoms. The number of amidine groups is 1. The number of nitrogens with zero attached hydrogens (tertiary/aromatic N) is 3. The number of carbonyl (C=O) groups excluding carboxylic acids is 2. The molecule has 0 aromatic carbocycles. The maximum absolute atomic E-state index is 12.0. The number of hydrogen-bond acceptors (Lipinski definition) is 8. The Morgan fingerprint density at radius 1 is 1.04 bits per heavy atom. The molecule has 0 fully saturated rings. The highest BCUT2D eigenvalue weighted by molar-refractivity contribution is 6.12. The molecular formula is C15H30N10O2. The molecule has 12 N–H and O–H groups in total. The van der Waals surface area contributed by atoms with Gasteiger partial charge in [0.25, 0.3) is 0 Å². The van der Waals surface area contributed by atoms with Gasteiger partial charge in [0.15, 0.2) is 5.96 Å². The third-order valence-corrected chi connectivity index (χ3v) is 3.73. The zero-order chi connectivity index (χ0) is 20.2. The van der Waals surface area contributed by atoms with E-state index in [2.05, 4.69) is 25.6 Å². The van der Waals surface area contributed by atoms with Crippen LogP contribution in [0.25, 0.3) is 0 Å². The van der Waals surface area contributed by atoms with E-state index in [4.69, 9.17) is 28.7 Å². The summed E-state index contributed by atoms with van der Waals surface area (Å²) in [6.45, 7) is 1.11. The van der Waals surface area contributed by atoms with E-state index in [1.54, 1.807) is 0 Å². The Balaban J connectivity index is 2.36. The lowest BCUT2D eigenvalue weighted by Gasteiger charge is -2.11. The average molecular weight is 382 g/mol. The van der Waals surface area contributed by atoms with Crippen LogP contribution in [0.2, 0.25) is 0 Å². The summed E-state index contributed by atoms with van der Waals surface area (Å²) in [6, 6.07) is -1.39. The molecule has 27 heavy (non-hydrogen) atoms. The van der Waals surface area contributed by atoms with E-state index < -0.39 is 18.0 Å². The van der Waals surface area contributed by atoms with Gasteiger partial charge in [0.05, 0.1) is 12.1 Å². The number of unbranched alkanes of at least 4 members (excludes halogenated alkanes) is 1. The van der Waals surface area contributed by atoms with Gasteiger partial charge < -0.3 is 34.0 Å². The van der Waals surface area contributed by atoms with Crippen molar-refractivity contribution in [2.75, 3.05) is 19.6 Å². The van der Waals surface area contributed by atoms with Crippen LogP contribution < -0.4 is 39.3 Å². The summed E-state index contributed by atoms with van der Waals surface area (Å²) in [6.07, 6.45) is 3.09. The Kier molecular flexibility index (Phi) is 9.93. The summed E-state index contributed by atoms with van der Waals surface area (Å²) in [7, 11) is 0. The van der Waals surface area contributed by atoms with Crippen LogP contribution in [0.4, 0.5) is 0 Å². The predicted molar refractivity (Wildman–Crippen MR) is 105 cm³/mol. The number of aliphatic imine (C=N–C) groups is 3. The number of rotatable bonds is 10. The molecule has 12 heteroatoms. The van der Waals surface area contributed by atoms with Crippen molar-refractivity contribution in [2.24, 2.45) is 43.6 Å². The fraction of sp³-hybridized carbons (Fsp3) is 0.667. The fourth-order valence-electron chi connectivity index (χ4n) is 2.21. The smallest absolute Gasteiger partial charge is 0.243 e. The number of hydrogen-bond donors (Lipinski definition) is 7. The summed E-state index contributed by atoms with van der Waals surface area (Å²) in [4.78, 5) is 35.9. The van der Waals surface area contributed by atoms with Crippen LogP contribution in [0.3, 0.4) is 0 Å². The average Bonchev–Trinajstić information content (AvgIpc) is 3.05. The number of nitrogens with two attached hydrogens (primary N) is 5. The number of amides is 2. The molecule has 0 saturated heterocycles. The van der Waals surface area contributed by atoms with Gasteiger partial charge in [-0.2, -0.15) is 4.99 Å². The van der Waals surface area contributed by atoms with Crippen LogP contribution >= 0.6 is 0 Å². The number of guanidine groups is 2. The minimum Gasteiger partial charge on any atom is -0.370 e. The van der Waals surface area contributed by atoms with E-state index in [1.165, 1.54) is 0 Å². The first-order valence-electron chi connectivity index (χ1n) is 8.83. The van der Waals surface area contributed by atoms with E-state index in [0.717, 1.165) is 12.8 Å². The van der Waals surface area contributed by atoms with Crippen LogP contribution in [0.15, 0.2) is 15.0 Å². The monoisotopic (exact) mass is 382 g/mol. The quantitative estimate of drug-likeness (QED) is 0.116. The molecule has 1 aliphatic rings. The molecule has 12 nitrogen and oxygen atoms in total. The molecule has 0 radical (unpaired) electrons. The lowest BCUT2D eigenvalue weighted by atomic mass is 10.1. The lowest BCUT2D eigenvalue weighted by molar-refractivity contribution is -0.121. The van der Waals surface area contributed by atoms with Crippen molar-refractivity contribution >= 4 is 29.6 Å². The summed E-state index contributed by atoms with van der Waals surface area (Å²) < 4.78 is 0. The summed E-state index contributed by atoms with van der Waals surface area (Å²) >= 11 is 0. The standard InChI is InChI=1S/C15H30N10O2/c16-6-2-1-4-9(17)12(26)23-11-8-22-15(24-11)25-13(27)10(18)5-3-7-21-14(19)20/h9-10H,1-8,16-18H2,(H4,19,20,21)(H2,22,23,24,25,26,27)/t9-,10-/m0/s1. The van der Waals surface area contributed by atoms with Crippen molar-refractivity contribution < 1.29 is 9.59 Å². The molecule has 1 aliphatic heterocycles. The van der Waals surface area contributed by atoms with Gasteiger partial charge in [0.2, 0.25) is 17.8 Å². The van der Waals surface area contributed by atoms with Gasteiger partial charge in [-0.3, -0.25) is 19.9 Å². The molecule has 1 rings (SSSR count). The normalized spacial score (nSPS) is 15.4. The first-order chi connectivity index (χ1) is 12.8. The van der Waals surface area contributed by atoms with Crippen LogP contribution in [0.1, 0.15) is 32.1 Å². The minimum absolute atomic E-state index is 0.00338. The van der Waals surface area contributed by atoms with Gasteiger partial charge in [-0.05, 0) is 32.2 Å². The highest BCUT2D eigenvalue weighted by Gasteiger charge is 2.20. The second kappa shape index (κ2) is 11.9. The van der Waals surface area contributed by atoms with E-state index >= 15 is 0 Å². The molecule has 1 heterocycles. The van der Waals surface area contributed by atoms with Gasteiger partial charge in [0, 0.05) is 6.54 Å². The largest absolute Gasteiger partial charge is 0.370 e. The SMILES string of the molecule is NCCCC[C@H](N)C(=O)NC1=NC(NC(=O)[C@@H](N)CCCN=C(N)N)=NC1. The second-order valence-electron chi connectivity index (χ2n) is 6.12. The zero-order valence-corrected chi connectivity index (χ0v) is 15.4. The highest BCUT2D eigenvalue weighted by Crippen LogP contribution is 2.00. The summed E-state index contributed by atoms with van der Waals surface area (Å²) in [5, 5.41) is 5.13. The third kappa shape index (κ3) is 9.08. The van der Waals surface area contributed by atoms with Crippen molar-refractivity contribution in [3.05, 3.63) is 0 Å². The molecule has 0 unspecified atom stereocenters. The third-order valence-electron chi connectivity index (χ3n) is 3.73. The fourth-order valence-corrected chi connectivity index (χ4v) is 2.21. The van der Waals surface area contributed by atoms with Crippen molar-refractivity contribution in [2.45, 2.75) is 44.2 Å². The van der Waals surface area contributed by atoms with Gasteiger partial charge in [-0.15, -0.1) is 0 Å². The van der Waals surface area contributed by atoms with Crippen molar-refractivity contribution in [3.8, 4) is 0 Å². The molecule has 0 aromatic heterocycles. The number of carbonyl (C=O) groups is 2. The van der Waals surface area contributed by atoms with Gasteiger partial charge in [0.1, 0.15) is 12.4 Å². The molecular weight excluding hydrogens is 352 g/mol. The van der Waals surface area contributed by atoms with Gasteiger partial charge in [-0.1, -0.05) is 6.42 Å². The Morgan fingerprint density at radius 2 is 1.67 bits per heavy atom. The maximum Gasteiger partial charge on any atom is 0.243 e. The van der Waals surface area contributed by atoms with Crippen LogP contribution in [-0.4, -0.2) is 61.3 Å². The Labute approximate surface area is 158 Å². The first kappa shape index (κ1) is 22.5. The summed E-state index contributed by atoms with van der Waals surface area (Å²) in [5.74, 6) is -0.341. The van der Waals surface area contributed by atoms with E-state index in [0.29, 0.717) is 38.2 Å². The second-order valence-corrected chi connectivity index (χ2v) is 6.12. The Bertz CT molecular complexity index is 597. The Hall–Kier alpha value is -2.57. The van der Waals surface area contributed by atoms with Crippen molar-refractivity contribution in [1.82, 2.24) is 10.6 Å². The van der Waals surface area contributed by atoms with E-state index in [-0.39, 0.29) is 24.4 Å². The van der Waals surface area contributed by atoms with E-state index in [9.17, 15) is 9.59 Å². The van der Waals surface area contributed by atoms with Crippen molar-refractivity contribution in [3.63, 3.8) is 0 Å². The molecule has 0 aliphatic carbocycles. The molecule has 0 saturated carbocycles. The lowest BCUT2D eigenvalue weighted by Crippen LogP contribution is -2.44. The molecule has 2 atom stereocenters. The summed E-state index contributed by atoms with van der Waals surface area (Å²) in [5.41, 5.74) is 27.5. The van der Waals surface area contributed by atoms with Crippen LogP contribution in [0.5, 0.6) is 0 Å². The Morgan fingerprint density at radius 3 is 2.30 bits per heavy atom. The number of nitrogens with one attached hydrogen (secondary N) is 2. The van der Waals surface area contributed by atoms with Crippen LogP contribution in [0, 0.1) is 0 Å². The highest BCUT2D eigenvalue weighted by atomic mass is 16.2. The molecule has 0 bridgehead atoms. The topological polar surface area (TPSA) is 225 Å². The van der Waals surface area contributed by atoms with Crippen LogP contribution in [-0.2, 0) is 9.59 Å². The molecule has 0 aromatic rings. The maximum atomic E-state index is 12.0. The molecule has 2 amide bonds. The zero-order valence-electron chi connectivity index (χ0n) is 15.4. The minimum atomic E-state index is -0.744. The van der Waals surface area contributed by atoms with Gasteiger partial charge >= 0.3 is 0 Å². The first-order valence-corrected chi connectivity index (χ1v) is 8.83. The predicted octanol–water partition coefficient (Wildman–Crippen LogP) is -3.18. The van der Waals surface area contributed by atoms with E-state index in [1.807, 2.05) is 0 Å². The van der Waals surface area contributed by atoms with Gasteiger partial charge in [-0.25, -0.2) is 4.99 Å².